The molecule has 0 saturated carbocycles. The molecule has 1 aromatic heterocycles. The largest absolute Gasteiger partial charge is 0.294 e. The SMILES string of the molecule is ClCc1nc2ccccc2n1-c1ccccc1Cl. The van der Waals surface area contributed by atoms with Gasteiger partial charge in [-0.1, -0.05) is 35.9 Å². The quantitative estimate of drug-likeness (QED) is 0.634. The Morgan fingerprint density at radius 3 is 2.50 bits per heavy atom. The molecular formula is C14H10Cl2N2. The summed E-state index contributed by atoms with van der Waals surface area (Å²) >= 11 is 12.2. The van der Waals surface area contributed by atoms with Gasteiger partial charge in [-0.05, 0) is 24.3 Å². The van der Waals surface area contributed by atoms with Crippen molar-refractivity contribution < 1.29 is 0 Å². The molecule has 3 rings (SSSR count). The van der Waals surface area contributed by atoms with Crippen LogP contribution in [0, 0.1) is 0 Å². The van der Waals surface area contributed by atoms with Gasteiger partial charge in [0.1, 0.15) is 5.82 Å². The minimum absolute atomic E-state index is 0.347. The van der Waals surface area contributed by atoms with Gasteiger partial charge in [0.25, 0.3) is 0 Å². The number of imidazole rings is 1. The van der Waals surface area contributed by atoms with Gasteiger partial charge >= 0.3 is 0 Å². The number of hydrogen-bond acceptors (Lipinski definition) is 1. The molecule has 18 heavy (non-hydrogen) atoms. The summed E-state index contributed by atoms with van der Waals surface area (Å²) in [7, 11) is 0. The first kappa shape index (κ1) is 11.6. The number of fused-ring (bicyclic) bond motifs is 1. The highest BCUT2D eigenvalue weighted by Crippen LogP contribution is 2.27. The number of halogens is 2. The van der Waals surface area contributed by atoms with Crippen LogP contribution in [-0.2, 0) is 5.88 Å². The number of benzene rings is 2. The smallest absolute Gasteiger partial charge is 0.129 e. The van der Waals surface area contributed by atoms with E-state index in [1.807, 2.05) is 53.1 Å². The van der Waals surface area contributed by atoms with Crippen molar-refractivity contribution in [3.63, 3.8) is 0 Å². The van der Waals surface area contributed by atoms with E-state index in [1.54, 1.807) is 0 Å². The van der Waals surface area contributed by atoms with Crippen LogP contribution in [0.25, 0.3) is 16.7 Å². The molecule has 0 saturated heterocycles. The Morgan fingerprint density at radius 2 is 1.72 bits per heavy atom. The zero-order valence-electron chi connectivity index (χ0n) is 9.48. The summed E-state index contributed by atoms with van der Waals surface area (Å²) in [6.45, 7) is 0. The maximum atomic E-state index is 6.25. The lowest BCUT2D eigenvalue weighted by Gasteiger charge is -2.09. The van der Waals surface area contributed by atoms with E-state index in [0.717, 1.165) is 22.5 Å². The first-order valence-electron chi connectivity index (χ1n) is 5.58. The molecule has 0 aliphatic heterocycles. The van der Waals surface area contributed by atoms with Crippen LogP contribution in [0.3, 0.4) is 0 Å². The molecule has 0 spiro atoms. The molecule has 0 amide bonds. The fourth-order valence-corrected chi connectivity index (χ4v) is 2.47. The monoisotopic (exact) mass is 276 g/mol. The molecule has 3 aromatic rings. The van der Waals surface area contributed by atoms with E-state index in [4.69, 9.17) is 23.2 Å². The van der Waals surface area contributed by atoms with E-state index in [2.05, 4.69) is 4.98 Å². The zero-order valence-corrected chi connectivity index (χ0v) is 11.0. The number of para-hydroxylation sites is 3. The third-order valence-electron chi connectivity index (χ3n) is 2.84. The van der Waals surface area contributed by atoms with Crippen molar-refractivity contribution in [1.82, 2.24) is 9.55 Å². The highest BCUT2D eigenvalue weighted by molar-refractivity contribution is 6.32. The lowest BCUT2D eigenvalue weighted by molar-refractivity contribution is 0.982. The van der Waals surface area contributed by atoms with E-state index in [1.165, 1.54) is 0 Å². The molecule has 2 nitrogen and oxygen atoms in total. The van der Waals surface area contributed by atoms with Crippen molar-refractivity contribution in [3.05, 3.63) is 59.4 Å². The van der Waals surface area contributed by atoms with Crippen LogP contribution in [0.15, 0.2) is 48.5 Å². The van der Waals surface area contributed by atoms with Crippen LogP contribution in [0.2, 0.25) is 5.02 Å². The summed E-state index contributed by atoms with van der Waals surface area (Å²) in [5.41, 5.74) is 2.85. The van der Waals surface area contributed by atoms with Gasteiger partial charge in [-0.25, -0.2) is 4.98 Å². The van der Waals surface area contributed by atoms with Crippen molar-refractivity contribution in [2.45, 2.75) is 5.88 Å². The molecule has 0 atom stereocenters. The number of hydrogen-bond donors (Lipinski definition) is 0. The van der Waals surface area contributed by atoms with Gasteiger partial charge in [-0.15, -0.1) is 11.6 Å². The number of alkyl halides is 1. The Kier molecular flexibility index (Phi) is 2.98. The number of nitrogens with zero attached hydrogens (tertiary/aromatic N) is 2. The third kappa shape index (κ3) is 1.78. The lowest BCUT2D eigenvalue weighted by atomic mass is 10.3. The molecule has 1 heterocycles. The normalized spacial score (nSPS) is 11.0. The first-order valence-corrected chi connectivity index (χ1v) is 6.50. The van der Waals surface area contributed by atoms with E-state index < -0.39 is 0 Å². The molecule has 0 fully saturated rings. The van der Waals surface area contributed by atoms with Crippen molar-refractivity contribution in [2.75, 3.05) is 0 Å². The summed E-state index contributed by atoms with van der Waals surface area (Å²) in [5, 5.41) is 0.687. The molecule has 0 bridgehead atoms. The van der Waals surface area contributed by atoms with Gasteiger partial charge in [0.2, 0.25) is 0 Å². The van der Waals surface area contributed by atoms with E-state index in [0.29, 0.717) is 10.9 Å². The molecule has 0 unspecified atom stereocenters. The Morgan fingerprint density at radius 1 is 1.00 bits per heavy atom. The van der Waals surface area contributed by atoms with Crippen LogP contribution < -0.4 is 0 Å². The van der Waals surface area contributed by atoms with E-state index in [9.17, 15) is 0 Å². The van der Waals surface area contributed by atoms with Crippen molar-refractivity contribution >= 4 is 34.2 Å². The van der Waals surface area contributed by atoms with E-state index in [-0.39, 0.29) is 0 Å². The van der Waals surface area contributed by atoms with Gasteiger partial charge in [0.05, 0.1) is 27.6 Å². The predicted octanol–water partition coefficient (Wildman–Crippen LogP) is 4.42. The van der Waals surface area contributed by atoms with Crippen molar-refractivity contribution in [1.29, 1.82) is 0 Å². The van der Waals surface area contributed by atoms with Gasteiger partial charge in [0, 0.05) is 0 Å². The first-order chi connectivity index (χ1) is 8.81. The number of rotatable bonds is 2. The fraction of sp³-hybridized carbons (Fsp3) is 0.0714. The van der Waals surface area contributed by atoms with Gasteiger partial charge < -0.3 is 0 Å². The minimum Gasteiger partial charge on any atom is -0.294 e. The standard InChI is InChI=1S/C14H10Cl2N2/c15-9-14-17-11-6-2-4-8-13(11)18(14)12-7-3-1-5-10(12)16/h1-8H,9H2. The van der Waals surface area contributed by atoms with Gasteiger partial charge in [-0.3, -0.25) is 4.57 Å². The summed E-state index contributed by atoms with van der Waals surface area (Å²) in [5.74, 6) is 1.14. The van der Waals surface area contributed by atoms with Crippen molar-refractivity contribution in [3.8, 4) is 5.69 Å². The second-order valence-corrected chi connectivity index (χ2v) is 4.61. The highest BCUT2D eigenvalue weighted by atomic mass is 35.5. The van der Waals surface area contributed by atoms with Crippen LogP contribution in [0.5, 0.6) is 0 Å². The summed E-state index contributed by atoms with van der Waals surface area (Å²) in [4.78, 5) is 4.52. The fourth-order valence-electron chi connectivity index (χ4n) is 2.07. The summed E-state index contributed by atoms with van der Waals surface area (Å²) in [6, 6.07) is 15.6. The average molecular weight is 277 g/mol. The van der Waals surface area contributed by atoms with Crippen LogP contribution in [0.4, 0.5) is 0 Å². The molecular weight excluding hydrogens is 267 g/mol. The van der Waals surface area contributed by atoms with Crippen LogP contribution in [0.1, 0.15) is 5.82 Å². The maximum Gasteiger partial charge on any atom is 0.129 e. The molecule has 2 aromatic carbocycles. The molecule has 0 radical (unpaired) electrons. The number of aromatic nitrogens is 2. The van der Waals surface area contributed by atoms with Gasteiger partial charge in [0.15, 0.2) is 0 Å². The summed E-state index contributed by atoms with van der Waals surface area (Å²) in [6.07, 6.45) is 0. The second-order valence-electron chi connectivity index (χ2n) is 3.94. The molecule has 90 valence electrons. The maximum absolute atomic E-state index is 6.25. The topological polar surface area (TPSA) is 17.8 Å². The zero-order chi connectivity index (χ0) is 12.5. The second kappa shape index (κ2) is 4.63. The minimum atomic E-state index is 0.347. The predicted molar refractivity (Wildman–Crippen MR) is 75.6 cm³/mol. The van der Waals surface area contributed by atoms with Gasteiger partial charge in [-0.2, -0.15) is 0 Å². The molecule has 0 aliphatic rings. The van der Waals surface area contributed by atoms with Crippen LogP contribution in [-0.4, -0.2) is 9.55 Å². The molecule has 4 heteroatoms. The third-order valence-corrected chi connectivity index (χ3v) is 3.40. The Bertz CT molecular complexity index is 704. The lowest BCUT2D eigenvalue weighted by Crippen LogP contribution is -1.99. The Hall–Kier alpha value is -1.51. The van der Waals surface area contributed by atoms with Crippen LogP contribution >= 0.6 is 23.2 Å². The van der Waals surface area contributed by atoms with Crippen molar-refractivity contribution in [2.24, 2.45) is 0 Å². The molecule has 0 N–H and O–H groups in total. The van der Waals surface area contributed by atoms with E-state index >= 15 is 0 Å². The average Bonchev–Trinajstić information content (AvgIpc) is 2.78. The summed E-state index contributed by atoms with van der Waals surface area (Å²) < 4.78 is 2.00. The Balaban J connectivity index is 2.37. The molecule has 0 aliphatic carbocycles. The highest BCUT2D eigenvalue weighted by Gasteiger charge is 2.12. The Labute approximate surface area is 115 Å².